The van der Waals surface area contributed by atoms with Crippen molar-refractivity contribution in [3.05, 3.63) is 46.9 Å². The SMILES string of the molecule is Cc1coc(CC(=O)O)c1C(=O)NCC1(c2ccc3c(c2)OCO3)CCCCC1. The van der Waals surface area contributed by atoms with Crippen molar-refractivity contribution >= 4 is 11.9 Å². The number of rotatable bonds is 6. The van der Waals surface area contributed by atoms with Crippen LogP contribution in [0.2, 0.25) is 0 Å². The van der Waals surface area contributed by atoms with E-state index in [-0.39, 0.29) is 30.3 Å². The molecule has 1 fully saturated rings. The summed E-state index contributed by atoms with van der Waals surface area (Å²) in [6.07, 6.45) is 6.44. The fraction of sp³-hybridized carbons (Fsp3) is 0.455. The Kier molecular flexibility index (Phi) is 5.22. The Bertz CT molecular complexity index is 925. The molecule has 7 heteroatoms. The number of carboxylic acid groups (broad SMARTS) is 1. The highest BCUT2D eigenvalue weighted by atomic mass is 16.7. The number of carbonyl (C=O) groups excluding carboxylic acids is 1. The monoisotopic (exact) mass is 399 g/mol. The van der Waals surface area contributed by atoms with Gasteiger partial charge in [-0.15, -0.1) is 0 Å². The predicted octanol–water partition coefficient (Wildman–Crippen LogP) is 3.58. The first-order valence-electron chi connectivity index (χ1n) is 9.96. The van der Waals surface area contributed by atoms with Crippen LogP contribution in [0.15, 0.2) is 28.9 Å². The highest BCUT2D eigenvalue weighted by Crippen LogP contribution is 2.43. The highest BCUT2D eigenvalue weighted by Gasteiger charge is 2.36. The summed E-state index contributed by atoms with van der Waals surface area (Å²) in [7, 11) is 0. The lowest BCUT2D eigenvalue weighted by atomic mass is 9.69. The first-order valence-corrected chi connectivity index (χ1v) is 9.96. The second-order valence-corrected chi connectivity index (χ2v) is 7.88. The van der Waals surface area contributed by atoms with E-state index in [4.69, 9.17) is 19.0 Å². The van der Waals surface area contributed by atoms with Crippen molar-refractivity contribution in [1.29, 1.82) is 0 Å². The molecule has 154 valence electrons. The van der Waals surface area contributed by atoms with Crippen LogP contribution in [0.4, 0.5) is 0 Å². The standard InChI is InChI=1S/C22H25NO6/c1-14-11-27-18(10-19(24)25)20(14)21(26)23-12-22(7-3-2-4-8-22)15-5-6-16-17(9-15)29-13-28-16/h5-6,9,11H,2-4,7-8,10,12-13H2,1H3,(H,23,26)(H,24,25). The lowest BCUT2D eigenvalue weighted by Crippen LogP contribution is -2.42. The van der Waals surface area contributed by atoms with Crippen molar-refractivity contribution in [3.8, 4) is 11.5 Å². The summed E-state index contributed by atoms with van der Waals surface area (Å²) in [5.41, 5.74) is 1.92. The summed E-state index contributed by atoms with van der Waals surface area (Å²) < 4.78 is 16.3. The van der Waals surface area contributed by atoms with Crippen LogP contribution in [0.1, 0.15) is 59.3 Å². The predicted molar refractivity (Wildman–Crippen MR) is 104 cm³/mol. The van der Waals surface area contributed by atoms with Gasteiger partial charge in [0.2, 0.25) is 6.79 Å². The van der Waals surface area contributed by atoms with Gasteiger partial charge in [0.05, 0.1) is 11.8 Å². The van der Waals surface area contributed by atoms with Gasteiger partial charge in [-0.2, -0.15) is 0 Å². The molecule has 1 amide bonds. The number of benzene rings is 1. The third-order valence-electron chi connectivity index (χ3n) is 5.97. The van der Waals surface area contributed by atoms with Crippen LogP contribution in [0, 0.1) is 6.92 Å². The summed E-state index contributed by atoms with van der Waals surface area (Å²) >= 11 is 0. The minimum Gasteiger partial charge on any atom is -0.481 e. The zero-order chi connectivity index (χ0) is 20.4. The molecule has 0 unspecified atom stereocenters. The number of aryl methyl sites for hydroxylation is 1. The summed E-state index contributed by atoms with van der Waals surface area (Å²) in [6, 6.07) is 6.02. The third kappa shape index (κ3) is 3.81. The molecular formula is C22H25NO6. The molecule has 7 nitrogen and oxygen atoms in total. The highest BCUT2D eigenvalue weighted by molar-refractivity contribution is 5.97. The van der Waals surface area contributed by atoms with E-state index in [9.17, 15) is 9.59 Å². The number of carboxylic acids is 1. The fourth-order valence-corrected chi connectivity index (χ4v) is 4.43. The summed E-state index contributed by atoms with van der Waals surface area (Å²) in [5.74, 6) is 0.355. The molecule has 0 saturated heterocycles. The Morgan fingerprint density at radius 2 is 1.90 bits per heavy atom. The summed E-state index contributed by atoms with van der Waals surface area (Å²) in [4.78, 5) is 24.0. The molecule has 0 radical (unpaired) electrons. The van der Waals surface area contributed by atoms with Crippen molar-refractivity contribution in [1.82, 2.24) is 5.32 Å². The maximum atomic E-state index is 12.9. The quantitative estimate of drug-likeness (QED) is 0.771. The van der Waals surface area contributed by atoms with E-state index in [1.807, 2.05) is 12.1 Å². The molecule has 0 bridgehead atoms. The van der Waals surface area contributed by atoms with E-state index in [2.05, 4.69) is 11.4 Å². The Morgan fingerprint density at radius 3 is 2.66 bits per heavy atom. The molecule has 2 aliphatic rings. The smallest absolute Gasteiger partial charge is 0.311 e. The molecule has 2 aromatic rings. The summed E-state index contributed by atoms with van der Waals surface area (Å²) in [5, 5.41) is 12.1. The van der Waals surface area contributed by atoms with Crippen LogP contribution in [0.3, 0.4) is 0 Å². The molecule has 2 N–H and O–H groups in total. The van der Waals surface area contributed by atoms with Crippen molar-refractivity contribution in [2.45, 2.75) is 50.9 Å². The van der Waals surface area contributed by atoms with Crippen LogP contribution < -0.4 is 14.8 Å². The second-order valence-electron chi connectivity index (χ2n) is 7.88. The number of hydrogen-bond donors (Lipinski definition) is 2. The van der Waals surface area contributed by atoms with Crippen LogP contribution in [0.5, 0.6) is 11.5 Å². The summed E-state index contributed by atoms with van der Waals surface area (Å²) in [6.45, 7) is 2.45. The van der Waals surface area contributed by atoms with Crippen LogP contribution in [-0.2, 0) is 16.6 Å². The second kappa shape index (κ2) is 7.81. The molecule has 1 aliphatic carbocycles. The normalized spacial score (nSPS) is 17.1. The Hall–Kier alpha value is -2.96. The molecule has 0 atom stereocenters. The van der Waals surface area contributed by atoms with E-state index < -0.39 is 5.97 Å². The van der Waals surface area contributed by atoms with Gasteiger partial charge in [0.15, 0.2) is 11.5 Å². The first kappa shape index (κ1) is 19.4. The van der Waals surface area contributed by atoms with Crippen molar-refractivity contribution < 1.29 is 28.6 Å². The van der Waals surface area contributed by atoms with E-state index in [0.717, 1.165) is 42.7 Å². The minimum atomic E-state index is -1.03. The minimum absolute atomic E-state index is 0.181. The van der Waals surface area contributed by atoms with Gasteiger partial charge in [0, 0.05) is 17.5 Å². The maximum absolute atomic E-state index is 12.9. The topological polar surface area (TPSA) is 98.0 Å². The van der Waals surface area contributed by atoms with Gasteiger partial charge in [-0.05, 0) is 37.5 Å². The van der Waals surface area contributed by atoms with Crippen LogP contribution >= 0.6 is 0 Å². The average molecular weight is 399 g/mol. The van der Waals surface area contributed by atoms with E-state index in [1.165, 1.54) is 12.7 Å². The van der Waals surface area contributed by atoms with Crippen LogP contribution in [0.25, 0.3) is 0 Å². The number of carbonyl (C=O) groups is 2. The molecule has 1 saturated carbocycles. The van der Waals surface area contributed by atoms with E-state index >= 15 is 0 Å². The van der Waals surface area contributed by atoms with E-state index in [1.54, 1.807) is 6.92 Å². The lowest BCUT2D eigenvalue weighted by molar-refractivity contribution is -0.136. The van der Waals surface area contributed by atoms with Gasteiger partial charge in [0.1, 0.15) is 12.2 Å². The number of ether oxygens (including phenoxy) is 2. The number of nitrogens with one attached hydrogen (secondary N) is 1. The zero-order valence-corrected chi connectivity index (χ0v) is 16.5. The van der Waals surface area contributed by atoms with Crippen LogP contribution in [-0.4, -0.2) is 30.3 Å². The molecule has 1 aromatic heterocycles. The zero-order valence-electron chi connectivity index (χ0n) is 16.5. The Morgan fingerprint density at radius 1 is 1.14 bits per heavy atom. The van der Waals surface area contributed by atoms with Gasteiger partial charge < -0.3 is 24.3 Å². The van der Waals surface area contributed by atoms with Gasteiger partial charge in [-0.25, -0.2) is 0 Å². The number of hydrogen-bond acceptors (Lipinski definition) is 5. The molecule has 0 spiro atoms. The number of amides is 1. The maximum Gasteiger partial charge on any atom is 0.311 e. The number of aliphatic carboxylic acids is 1. The van der Waals surface area contributed by atoms with Gasteiger partial charge in [-0.3, -0.25) is 9.59 Å². The van der Waals surface area contributed by atoms with Crippen molar-refractivity contribution in [2.75, 3.05) is 13.3 Å². The number of furan rings is 1. The average Bonchev–Trinajstić information content (AvgIpc) is 3.32. The molecule has 29 heavy (non-hydrogen) atoms. The van der Waals surface area contributed by atoms with Gasteiger partial charge in [-0.1, -0.05) is 25.3 Å². The molecule has 1 aromatic carbocycles. The Labute approximate surface area is 169 Å². The van der Waals surface area contributed by atoms with Crippen molar-refractivity contribution in [2.24, 2.45) is 0 Å². The van der Waals surface area contributed by atoms with Crippen molar-refractivity contribution in [3.63, 3.8) is 0 Å². The lowest BCUT2D eigenvalue weighted by Gasteiger charge is -2.38. The number of fused-ring (bicyclic) bond motifs is 1. The largest absolute Gasteiger partial charge is 0.481 e. The third-order valence-corrected chi connectivity index (χ3v) is 5.97. The molecule has 4 rings (SSSR count). The van der Waals surface area contributed by atoms with E-state index in [0.29, 0.717) is 17.7 Å². The van der Waals surface area contributed by atoms with Gasteiger partial charge >= 0.3 is 5.97 Å². The Balaban J connectivity index is 1.56. The van der Waals surface area contributed by atoms with Gasteiger partial charge in [0.25, 0.3) is 5.91 Å². The molecule has 2 heterocycles. The first-order chi connectivity index (χ1) is 14.0. The molecule has 1 aliphatic heterocycles. The molecular weight excluding hydrogens is 374 g/mol. The fourth-order valence-electron chi connectivity index (χ4n) is 4.43.